The Morgan fingerprint density at radius 1 is 1.17 bits per heavy atom. The molecule has 0 saturated heterocycles. The normalized spacial score (nSPS) is 13.7. The molecule has 2 rings (SSSR count). The van der Waals surface area contributed by atoms with Gasteiger partial charge in [0.05, 0.1) is 19.8 Å². The Balaban J connectivity index is 0.00000420. The van der Waals surface area contributed by atoms with Crippen molar-refractivity contribution in [1.29, 1.82) is 0 Å². The van der Waals surface area contributed by atoms with Gasteiger partial charge in [-0.2, -0.15) is 23.5 Å². The zero-order valence-electron chi connectivity index (χ0n) is 18.1. The molecule has 0 fully saturated rings. The van der Waals surface area contributed by atoms with Crippen molar-refractivity contribution in [3.8, 4) is 0 Å². The summed E-state index contributed by atoms with van der Waals surface area (Å²) in [4.78, 5) is 28.3. The van der Waals surface area contributed by atoms with Crippen LogP contribution in [0.3, 0.4) is 0 Å². The smallest absolute Gasteiger partial charge is 0.471 e. The molecule has 0 radical (unpaired) electrons. The fourth-order valence-corrected chi connectivity index (χ4v) is 4.43. The average Bonchev–Trinajstić information content (AvgIpc) is 3.06. The van der Waals surface area contributed by atoms with E-state index in [1.165, 1.54) is 23.5 Å². The van der Waals surface area contributed by atoms with E-state index in [4.69, 9.17) is 16.0 Å². The summed E-state index contributed by atoms with van der Waals surface area (Å²) in [6.45, 7) is 17.4. The van der Waals surface area contributed by atoms with Crippen LogP contribution in [0.4, 0.5) is 0 Å². The Morgan fingerprint density at radius 3 is 2.33 bits per heavy atom. The number of hydrogen-bond acceptors (Lipinski definition) is 6. The maximum atomic E-state index is 12.3. The molecule has 0 bridgehead atoms. The summed E-state index contributed by atoms with van der Waals surface area (Å²) >= 11 is 2.70. The second-order valence-corrected chi connectivity index (χ2v) is 9.20. The van der Waals surface area contributed by atoms with Gasteiger partial charge in [0.15, 0.2) is 0 Å². The van der Waals surface area contributed by atoms with Crippen LogP contribution < -0.4 is 103 Å². The summed E-state index contributed by atoms with van der Waals surface area (Å²) in [5.74, 6) is -1.12. The van der Waals surface area contributed by atoms with E-state index >= 15 is 0 Å². The molecule has 0 unspecified atom stereocenters. The maximum absolute atomic E-state index is 12.3. The monoisotopic (exact) mass is 493 g/mol. The molecule has 1 aliphatic heterocycles. The third kappa shape index (κ3) is 9.53. The number of fused-ring (bicyclic) bond motifs is 1. The van der Waals surface area contributed by atoms with Gasteiger partial charge in [-0.15, -0.1) is 0 Å². The fraction of sp³-hybridized carbons (Fsp3) is 0.381. The fourth-order valence-electron chi connectivity index (χ4n) is 2.12. The average molecular weight is 494 g/mol. The van der Waals surface area contributed by atoms with E-state index in [1.54, 1.807) is 0 Å². The zero-order chi connectivity index (χ0) is 20.7. The molecule has 9 heteroatoms. The quantitative estimate of drug-likeness (QED) is 0.159. The van der Waals surface area contributed by atoms with Gasteiger partial charge in [0, 0.05) is 10.3 Å². The summed E-state index contributed by atoms with van der Waals surface area (Å²) < 4.78 is 10.6. The van der Waals surface area contributed by atoms with Gasteiger partial charge in [0.2, 0.25) is 0 Å². The van der Waals surface area contributed by atoms with Crippen LogP contribution in [0.2, 0.25) is 0 Å². The van der Waals surface area contributed by atoms with E-state index < -0.39 is 11.9 Å². The zero-order valence-corrected chi connectivity index (χ0v) is 26.0. The van der Waals surface area contributed by atoms with Crippen LogP contribution in [0.25, 0.3) is 4.85 Å². The van der Waals surface area contributed by atoms with Crippen molar-refractivity contribution in [2.45, 2.75) is 48.8 Å². The summed E-state index contributed by atoms with van der Waals surface area (Å²) in [6.07, 6.45) is 2.20. The number of esters is 2. The van der Waals surface area contributed by atoms with Gasteiger partial charge < -0.3 is 21.6 Å². The minimum Gasteiger partial charge on any atom is -0.471 e. The molecular weight excluding hydrogens is 473 g/mol. The molecule has 1 aromatic carbocycles. The molecule has 0 aliphatic carbocycles. The van der Waals surface area contributed by atoms with E-state index in [9.17, 15) is 9.59 Å². The van der Waals surface area contributed by atoms with E-state index in [0.717, 1.165) is 21.4 Å². The third-order valence-electron chi connectivity index (χ3n) is 3.68. The predicted octanol–water partition coefficient (Wildman–Crippen LogP) is -1.07. The van der Waals surface area contributed by atoms with Crippen molar-refractivity contribution in [2.24, 2.45) is 0 Å². The first-order valence-corrected chi connectivity index (χ1v) is 10.3. The summed E-state index contributed by atoms with van der Waals surface area (Å²) in [5, 5.41) is 0. The molecule has 0 aromatic heterocycles. The summed E-state index contributed by atoms with van der Waals surface area (Å²) in [7, 11) is 0. The van der Waals surface area contributed by atoms with Crippen LogP contribution in [0.5, 0.6) is 0 Å². The molecule has 0 amide bonds. The van der Waals surface area contributed by atoms with Gasteiger partial charge in [-0.3, -0.25) is 16.4 Å². The van der Waals surface area contributed by atoms with Crippen molar-refractivity contribution < 1.29 is 122 Å². The van der Waals surface area contributed by atoms with Gasteiger partial charge >= 0.3 is 115 Å². The topological polar surface area (TPSA) is 57.0 Å². The molecule has 1 aromatic rings. The number of carbonyl (C=O) groups excluding carboxylic acids is 2. The largest absolute Gasteiger partial charge is 1.00 e. The van der Waals surface area contributed by atoms with Crippen LogP contribution in [-0.2, 0) is 24.5 Å². The third-order valence-corrected chi connectivity index (χ3v) is 6.10. The number of rotatable bonds is 7. The Hall–Kier alpha value is 1.10. The van der Waals surface area contributed by atoms with Gasteiger partial charge in [-0.25, -0.2) is 19.4 Å². The van der Waals surface area contributed by atoms with E-state index in [2.05, 4.69) is 44.3 Å². The molecule has 148 valence electrons. The Bertz CT molecular complexity index is 858. The molecule has 0 N–H and O–H groups in total. The van der Waals surface area contributed by atoms with Gasteiger partial charge in [-0.1, -0.05) is 32.8 Å². The van der Waals surface area contributed by atoms with Crippen LogP contribution in [0, 0.1) is 18.7 Å². The molecule has 1 heterocycles. The van der Waals surface area contributed by atoms with E-state index in [-0.39, 0.29) is 127 Å². The van der Waals surface area contributed by atoms with Crippen LogP contribution >= 0.6 is 23.5 Å². The van der Waals surface area contributed by atoms with Crippen molar-refractivity contribution in [2.75, 3.05) is 13.2 Å². The summed E-state index contributed by atoms with van der Waals surface area (Å²) in [6, 6.07) is 8.50. The van der Waals surface area contributed by atoms with Gasteiger partial charge in [-0.05, 0) is 12.8 Å². The van der Waals surface area contributed by atoms with Gasteiger partial charge in [0.1, 0.15) is 0 Å². The van der Waals surface area contributed by atoms with E-state index in [1.807, 2.05) is 6.07 Å². The number of hydrogen-bond donors (Lipinski definition) is 0. The second-order valence-electron chi connectivity index (χ2n) is 6.90. The number of ether oxygens (including phenoxy) is 2. The number of carbonyl (C=O) groups is 2. The molecular formula is C21H21K2NO4S2. The first kappa shape index (κ1) is 31.1. The molecule has 5 nitrogen and oxygen atoms in total. The molecule has 30 heavy (non-hydrogen) atoms. The standard InChI is InChI=1S/C21H21NO4S2.2K/c1-6-17(23)25-11-7-8-12-26-19(24)18(22-5)20-27-15-10-9-14(21(2,3)4)13-16(15)28-20;;/h6,9H,1,7-8,11-12H2,2-4H3;;/q-2;2*+1/b20-18+;;. The maximum Gasteiger partial charge on any atom is 1.00 e. The Morgan fingerprint density at radius 2 is 1.77 bits per heavy atom. The van der Waals surface area contributed by atoms with Crippen LogP contribution in [-0.4, -0.2) is 25.2 Å². The van der Waals surface area contributed by atoms with Crippen LogP contribution in [0.1, 0.15) is 39.2 Å². The van der Waals surface area contributed by atoms with Crippen molar-refractivity contribution in [3.05, 3.63) is 57.8 Å². The molecule has 0 atom stereocenters. The SMILES string of the molecule is [C-]#[N+]/C(C(=O)OCCCCOC(=O)C=C)=C1\Sc2[c-]cc(C(C)(C)C)[c-]c2S1.[K+].[K+]. The molecule has 0 spiro atoms. The van der Waals surface area contributed by atoms with Crippen LogP contribution in [0.15, 0.2) is 38.4 Å². The van der Waals surface area contributed by atoms with Crippen molar-refractivity contribution >= 4 is 35.5 Å². The minimum atomic E-state index is -0.642. The van der Waals surface area contributed by atoms with Gasteiger partial charge in [0.25, 0.3) is 5.70 Å². The number of thioether (sulfide) groups is 2. The minimum absolute atomic E-state index is 0. The molecule has 0 saturated carbocycles. The van der Waals surface area contributed by atoms with E-state index in [0.29, 0.717) is 17.1 Å². The number of nitrogens with zero attached hydrogens (tertiary/aromatic N) is 1. The number of benzene rings is 1. The van der Waals surface area contributed by atoms with Crippen molar-refractivity contribution in [1.82, 2.24) is 0 Å². The predicted molar refractivity (Wildman–Crippen MR) is 110 cm³/mol. The first-order chi connectivity index (χ1) is 13.3. The van der Waals surface area contributed by atoms with Crippen molar-refractivity contribution in [3.63, 3.8) is 0 Å². The molecule has 1 aliphatic rings. The first-order valence-electron chi connectivity index (χ1n) is 8.68. The Kier molecular flexibility index (Phi) is 15.6. The number of unbranched alkanes of at least 4 members (excludes halogenated alkanes) is 1. The summed E-state index contributed by atoms with van der Waals surface area (Å²) in [5.41, 5.74) is 0.957. The second kappa shape index (κ2) is 15.1. The Labute approximate surface area is 272 Å².